The Morgan fingerprint density at radius 1 is 1.67 bits per heavy atom. The summed E-state index contributed by atoms with van der Waals surface area (Å²) in [6.45, 7) is 1.31. The molecule has 0 aromatic carbocycles. The Balaban J connectivity index is 0. The Morgan fingerprint density at radius 3 is 1.83 bits per heavy atom. The zero-order valence-electron chi connectivity index (χ0n) is 2.88. The summed E-state index contributed by atoms with van der Waals surface area (Å²) >= 11 is 0. The predicted molar refractivity (Wildman–Crippen MR) is 22.5 cm³/mol. The van der Waals surface area contributed by atoms with Gasteiger partial charge in [0.1, 0.15) is 0 Å². The van der Waals surface area contributed by atoms with Crippen LogP contribution >= 0.6 is 0 Å². The van der Waals surface area contributed by atoms with Crippen LogP contribution in [0.2, 0.25) is 0 Å². The molecule has 0 saturated carbocycles. The average molecular weight is 102 g/mol. The Hall–Kier alpha value is 0.880. The molecule has 0 amide bonds. The second-order valence-electron chi connectivity index (χ2n) is 0.705. The molecular weight excluding hydrogens is 95.0 g/mol. The van der Waals surface area contributed by atoms with Gasteiger partial charge in [-0.05, 0) is 6.92 Å². The molecule has 0 saturated heterocycles. The van der Waals surface area contributed by atoms with Crippen LogP contribution in [0.1, 0.15) is 6.92 Å². The predicted octanol–water partition coefficient (Wildman–Crippen LogP) is -0.834. The Kier molecular flexibility index (Phi) is 9.79. The Labute approximate surface area is 58.1 Å². The van der Waals surface area contributed by atoms with Gasteiger partial charge >= 0.3 is 29.6 Å². The van der Waals surface area contributed by atoms with Crippen molar-refractivity contribution < 1.29 is 15.3 Å². The molecule has 0 rings (SSSR count). The third kappa shape index (κ3) is 8.86. The SMILES string of the molecule is CC(O)OO.[NaH]. The van der Waals surface area contributed by atoms with Gasteiger partial charge in [-0.1, -0.05) is 0 Å². The molecule has 0 aromatic heterocycles. The van der Waals surface area contributed by atoms with Crippen molar-refractivity contribution in [1.29, 1.82) is 0 Å². The third-order valence-corrected chi connectivity index (χ3v) is 0.153. The minimum atomic E-state index is -1.06. The number of hydrogen-bond donors (Lipinski definition) is 2. The van der Waals surface area contributed by atoms with Crippen LogP contribution in [0.25, 0.3) is 0 Å². The topological polar surface area (TPSA) is 49.7 Å². The standard InChI is InChI=1S/C2H6O3.Na.H/c1-2(3)5-4;;/h2-4H,1H3;;. The van der Waals surface area contributed by atoms with Gasteiger partial charge in [0.25, 0.3) is 0 Å². The molecule has 0 aliphatic rings. The summed E-state index contributed by atoms with van der Waals surface area (Å²) in [4.78, 5) is 3.31. The van der Waals surface area contributed by atoms with Gasteiger partial charge in [-0.15, -0.1) is 0 Å². The molecule has 1 atom stereocenters. The molecule has 2 N–H and O–H groups in total. The van der Waals surface area contributed by atoms with Crippen molar-refractivity contribution in [3.05, 3.63) is 0 Å². The van der Waals surface area contributed by atoms with Crippen LogP contribution in [0.15, 0.2) is 0 Å². The van der Waals surface area contributed by atoms with Gasteiger partial charge in [-0.25, -0.2) is 10.1 Å². The zero-order chi connectivity index (χ0) is 4.28. The number of aliphatic hydroxyl groups is 1. The number of hydrogen-bond acceptors (Lipinski definition) is 3. The first-order chi connectivity index (χ1) is 2.27. The van der Waals surface area contributed by atoms with Crippen molar-refractivity contribution >= 4 is 29.6 Å². The van der Waals surface area contributed by atoms with Gasteiger partial charge in [0.15, 0.2) is 6.29 Å². The Bertz CT molecular complexity index is 22.8. The molecule has 0 aliphatic carbocycles. The van der Waals surface area contributed by atoms with Crippen LogP contribution in [-0.4, -0.2) is 46.2 Å². The van der Waals surface area contributed by atoms with E-state index in [4.69, 9.17) is 10.4 Å². The normalized spacial score (nSPS) is 12.5. The Morgan fingerprint density at radius 2 is 1.83 bits per heavy atom. The van der Waals surface area contributed by atoms with E-state index < -0.39 is 6.29 Å². The van der Waals surface area contributed by atoms with Crippen molar-refractivity contribution in [2.75, 3.05) is 0 Å². The van der Waals surface area contributed by atoms with Crippen LogP contribution in [0.3, 0.4) is 0 Å². The molecule has 0 radical (unpaired) electrons. The summed E-state index contributed by atoms with van der Waals surface area (Å²) in [5, 5.41) is 15.3. The average Bonchev–Trinajstić information content (AvgIpc) is 1.38. The van der Waals surface area contributed by atoms with Crippen LogP contribution in [-0.2, 0) is 4.89 Å². The van der Waals surface area contributed by atoms with Gasteiger partial charge in [0.05, 0.1) is 0 Å². The molecule has 4 heteroatoms. The maximum atomic E-state index is 7.89. The van der Waals surface area contributed by atoms with Crippen molar-refractivity contribution in [2.45, 2.75) is 13.2 Å². The van der Waals surface area contributed by atoms with E-state index in [1.54, 1.807) is 0 Å². The quantitative estimate of drug-likeness (QED) is 0.196. The second kappa shape index (κ2) is 5.88. The molecule has 0 spiro atoms. The van der Waals surface area contributed by atoms with Crippen LogP contribution in [0.5, 0.6) is 0 Å². The van der Waals surface area contributed by atoms with Crippen molar-refractivity contribution in [1.82, 2.24) is 0 Å². The van der Waals surface area contributed by atoms with Crippen LogP contribution in [0, 0.1) is 0 Å². The molecular formula is C2H7NaO3. The molecule has 0 bridgehead atoms. The fourth-order valence-electron chi connectivity index (χ4n) is 0. The van der Waals surface area contributed by atoms with E-state index in [1.807, 2.05) is 0 Å². The van der Waals surface area contributed by atoms with Crippen molar-refractivity contribution in [3.63, 3.8) is 0 Å². The van der Waals surface area contributed by atoms with E-state index in [2.05, 4.69) is 4.89 Å². The summed E-state index contributed by atoms with van der Waals surface area (Å²) in [7, 11) is 0. The molecule has 0 heterocycles. The van der Waals surface area contributed by atoms with Crippen LogP contribution < -0.4 is 0 Å². The minimum absolute atomic E-state index is 0. The fraction of sp³-hybridized carbons (Fsp3) is 1.00. The van der Waals surface area contributed by atoms with Crippen molar-refractivity contribution in [3.8, 4) is 0 Å². The summed E-state index contributed by atoms with van der Waals surface area (Å²) in [5.41, 5.74) is 0. The van der Waals surface area contributed by atoms with Crippen molar-refractivity contribution in [2.24, 2.45) is 0 Å². The molecule has 0 aromatic rings. The second-order valence-corrected chi connectivity index (χ2v) is 0.705. The number of aliphatic hydroxyl groups excluding tert-OH is 1. The first-order valence-electron chi connectivity index (χ1n) is 1.25. The van der Waals surface area contributed by atoms with E-state index in [0.29, 0.717) is 0 Å². The maximum absolute atomic E-state index is 7.89. The van der Waals surface area contributed by atoms with Gasteiger partial charge < -0.3 is 5.11 Å². The summed E-state index contributed by atoms with van der Waals surface area (Å²) in [6, 6.07) is 0. The van der Waals surface area contributed by atoms with E-state index in [1.165, 1.54) is 6.92 Å². The van der Waals surface area contributed by atoms with E-state index in [-0.39, 0.29) is 29.6 Å². The fourth-order valence-corrected chi connectivity index (χ4v) is 0. The molecule has 1 unspecified atom stereocenters. The van der Waals surface area contributed by atoms with Gasteiger partial charge in [-0.2, -0.15) is 0 Å². The molecule has 34 valence electrons. The van der Waals surface area contributed by atoms with E-state index in [0.717, 1.165) is 0 Å². The first kappa shape index (κ1) is 9.99. The zero-order valence-corrected chi connectivity index (χ0v) is 2.88. The molecule has 0 fully saturated rings. The molecule has 0 aliphatic heterocycles. The van der Waals surface area contributed by atoms with Crippen LogP contribution in [0.4, 0.5) is 0 Å². The first-order valence-corrected chi connectivity index (χ1v) is 1.25. The third-order valence-electron chi connectivity index (χ3n) is 0.153. The van der Waals surface area contributed by atoms with E-state index in [9.17, 15) is 0 Å². The van der Waals surface area contributed by atoms with Gasteiger partial charge in [-0.3, -0.25) is 0 Å². The summed E-state index contributed by atoms with van der Waals surface area (Å²) < 4.78 is 0. The van der Waals surface area contributed by atoms with Gasteiger partial charge in [0, 0.05) is 0 Å². The molecule has 3 nitrogen and oxygen atoms in total. The monoisotopic (exact) mass is 102 g/mol. The van der Waals surface area contributed by atoms with Gasteiger partial charge in [0.2, 0.25) is 0 Å². The summed E-state index contributed by atoms with van der Waals surface area (Å²) in [6.07, 6.45) is -1.06. The summed E-state index contributed by atoms with van der Waals surface area (Å²) in [5.74, 6) is 0. The molecule has 6 heavy (non-hydrogen) atoms. The number of rotatable bonds is 1. The van der Waals surface area contributed by atoms with E-state index >= 15 is 0 Å².